The summed E-state index contributed by atoms with van der Waals surface area (Å²) in [6.45, 7) is 4.68. The molecule has 0 aliphatic carbocycles. The van der Waals surface area contributed by atoms with Crippen LogP contribution in [0.15, 0.2) is 6.20 Å². The van der Waals surface area contributed by atoms with Crippen molar-refractivity contribution in [2.45, 2.75) is 6.54 Å². The first-order valence-electron chi connectivity index (χ1n) is 5.73. The normalized spacial score (nSPS) is 18.5. The summed E-state index contributed by atoms with van der Waals surface area (Å²) in [5.74, 6) is -0.908. The molecular formula is C11H18N4O2. The molecule has 2 heterocycles. The second-order valence-electron chi connectivity index (χ2n) is 4.53. The third kappa shape index (κ3) is 2.65. The number of aromatic carboxylic acids is 1. The average Bonchev–Trinajstić information content (AvgIpc) is 2.63. The molecule has 6 nitrogen and oxygen atoms in total. The van der Waals surface area contributed by atoms with Crippen molar-refractivity contribution in [3.05, 3.63) is 17.5 Å². The molecule has 1 aliphatic heterocycles. The molecular weight excluding hydrogens is 220 g/mol. The Bertz CT molecular complexity index is 408. The number of carboxylic acid groups (broad SMARTS) is 1. The summed E-state index contributed by atoms with van der Waals surface area (Å²) < 4.78 is 1.42. The number of nitrogens with zero attached hydrogens (tertiary/aromatic N) is 4. The minimum atomic E-state index is -0.908. The van der Waals surface area contributed by atoms with E-state index in [0.717, 1.165) is 31.7 Å². The van der Waals surface area contributed by atoms with Gasteiger partial charge in [-0.2, -0.15) is 5.10 Å². The lowest BCUT2D eigenvalue weighted by Gasteiger charge is -2.32. The number of piperazine rings is 1. The summed E-state index contributed by atoms with van der Waals surface area (Å²) in [6.07, 6.45) is 1.65. The number of rotatable bonds is 3. The molecule has 1 saturated heterocycles. The van der Waals surface area contributed by atoms with E-state index >= 15 is 0 Å². The highest BCUT2D eigenvalue weighted by Crippen LogP contribution is 2.12. The molecule has 6 heteroatoms. The third-order valence-corrected chi connectivity index (χ3v) is 3.21. The van der Waals surface area contributed by atoms with Gasteiger partial charge in [0.2, 0.25) is 0 Å². The predicted molar refractivity (Wildman–Crippen MR) is 62.9 cm³/mol. The molecule has 94 valence electrons. The van der Waals surface area contributed by atoms with E-state index < -0.39 is 5.97 Å². The van der Waals surface area contributed by atoms with Crippen LogP contribution in [0.25, 0.3) is 0 Å². The van der Waals surface area contributed by atoms with Gasteiger partial charge in [0.1, 0.15) is 0 Å². The molecule has 0 aromatic carbocycles. The van der Waals surface area contributed by atoms with E-state index in [0.29, 0.717) is 12.2 Å². The second-order valence-corrected chi connectivity index (χ2v) is 4.53. The summed E-state index contributed by atoms with van der Waals surface area (Å²) in [5.41, 5.74) is 1.09. The Hall–Kier alpha value is -1.40. The maximum atomic E-state index is 11.1. The number of hydrogen-bond donors (Lipinski definition) is 1. The molecule has 0 unspecified atom stereocenters. The summed E-state index contributed by atoms with van der Waals surface area (Å²) in [7, 11) is 3.76. The van der Waals surface area contributed by atoms with E-state index in [1.165, 1.54) is 4.68 Å². The Morgan fingerprint density at radius 1 is 1.35 bits per heavy atom. The van der Waals surface area contributed by atoms with E-state index in [4.69, 9.17) is 5.11 Å². The number of aromatic nitrogens is 2. The monoisotopic (exact) mass is 238 g/mol. The molecule has 1 fully saturated rings. The van der Waals surface area contributed by atoms with Crippen LogP contribution in [0, 0.1) is 0 Å². The summed E-state index contributed by atoms with van der Waals surface area (Å²) in [6, 6.07) is 0. The number of carboxylic acids is 1. The lowest BCUT2D eigenvalue weighted by molar-refractivity contribution is 0.0681. The number of hydrogen-bond acceptors (Lipinski definition) is 4. The fraction of sp³-hybridized carbons (Fsp3) is 0.636. The maximum absolute atomic E-state index is 11.1. The molecule has 17 heavy (non-hydrogen) atoms. The van der Waals surface area contributed by atoms with Crippen molar-refractivity contribution in [3.63, 3.8) is 0 Å². The lowest BCUT2D eigenvalue weighted by Crippen LogP contribution is -2.44. The first-order valence-corrected chi connectivity index (χ1v) is 5.73. The molecule has 1 N–H and O–H groups in total. The van der Waals surface area contributed by atoms with E-state index in [1.54, 1.807) is 13.2 Å². The minimum Gasteiger partial charge on any atom is -0.477 e. The van der Waals surface area contributed by atoms with Gasteiger partial charge in [-0.25, -0.2) is 4.79 Å². The fourth-order valence-electron chi connectivity index (χ4n) is 2.12. The van der Waals surface area contributed by atoms with Gasteiger partial charge >= 0.3 is 5.97 Å². The number of aryl methyl sites for hydroxylation is 1. The van der Waals surface area contributed by atoms with Gasteiger partial charge in [-0.3, -0.25) is 9.58 Å². The smallest absolute Gasteiger partial charge is 0.354 e. The van der Waals surface area contributed by atoms with Crippen molar-refractivity contribution in [1.82, 2.24) is 19.6 Å². The zero-order valence-corrected chi connectivity index (χ0v) is 10.3. The Kier molecular flexibility index (Phi) is 3.44. The van der Waals surface area contributed by atoms with Crippen molar-refractivity contribution in [2.24, 2.45) is 7.05 Å². The standard InChI is InChI=1S/C11H18N4O2/c1-13-3-5-15(6-4-13)8-9-7-12-14(2)10(9)11(16)17/h7H,3-6,8H2,1-2H3,(H,16,17). The Balaban J connectivity index is 2.06. The predicted octanol–water partition coefficient (Wildman–Crippen LogP) is -0.134. The highest BCUT2D eigenvalue weighted by Gasteiger charge is 2.20. The van der Waals surface area contributed by atoms with Gasteiger partial charge in [-0.05, 0) is 7.05 Å². The summed E-state index contributed by atoms with van der Waals surface area (Å²) >= 11 is 0. The largest absolute Gasteiger partial charge is 0.477 e. The van der Waals surface area contributed by atoms with E-state index in [-0.39, 0.29) is 0 Å². The average molecular weight is 238 g/mol. The molecule has 2 rings (SSSR count). The quantitative estimate of drug-likeness (QED) is 0.794. The van der Waals surface area contributed by atoms with Crippen molar-refractivity contribution in [1.29, 1.82) is 0 Å². The van der Waals surface area contributed by atoms with Crippen molar-refractivity contribution in [2.75, 3.05) is 33.2 Å². The third-order valence-electron chi connectivity index (χ3n) is 3.21. The Labute approximate surface area is 100 Å². The van der Waals surface area contributed by atoms with Gasteiger partial charge in [-0.1, -0.05) is 0 Å². The van der Waals surface area contributed by atoms with Crippen molar-refractivity contribution >= 4 is 5.97 Å². The molecule has 1 aromatic rings. The van der Waals surface area contributed by atoms with Crippen LogP contribution >= 0.6 is 0 Å². The van der Waals surface area contributed by atoms with Crippen molar-refractivity contribution < 1.29 is 9.90 Å². The first kappa shape index (κ1) is 12.1. The molecule has 0 amide bonds. The van der Waals surface area contributed by atoms with E-state index in [1.807, 2.05) is 0 Å². The number of carbonyl (C=O) groups is 1. The molecule has 0 spiro atoms. The molecule has 1 aromatic heterocycles. The highest BCUT2D eigenvalue weighted by atomic mass is 16.4. The zero-order chi connectivity index (χ0) is 12.4. The topological polar surface area (TPSA) is 61.6 Å². The molecule has 0 saturated carbocycles. The SMILES string of the molecule is CN1CCN(Cc2cnn(C)c2C(=O)O)CC1. The Morgan fingerprint density at radius 3 is 2.59 bits per heavy atom. The van der Waals surface area contributed by atoms with Crippen LogP contribution in [-0.2, 0) is 13.6 Å². The van der Waals surface area contributed by atoms with Gasteiger partial charge < -0.3 is 10.0 Å². The van der Waals surface area contributed by atoms with Crippen LogP contribution in [0.1, 0.15) is 16.1 Å². The second kappa shape index (κ2) is 4.85. The molecule has 0 bridgehead atoms. The highest BCUT2D eigenvalue weighted by molar-refractivity contribution is 5.87. The van der Waals surface area contributed by atoms with Gasteiger partial charge in [-0.15, -0.1) is 0 Å². The fourth-order valence-corrected chi connectivity index (χ4v) is 2.12. The minimum absolute atomic E-state index is 0.295. The molecule has 0 radical (unpaired) electrons. The number of likely N-dealkylation sites (N-methyl/N-ethyl adjacent to an activating group) is 1. The van der Waals surface area contributed by atoms with Gasteiger partial charge in [0.15, 0.2) is 5.69 Å². The Morgan fingerprint density at radius 2 is 2.00 bits per heavy atom. The van der Waals surface area contributed by atoms with Gasteiger partial charge in [0, 0.05) is 45.3 Å². The summed E-state index contributed by atoms with van der Waals surface area (Å²) in [5, 5.41) is 13.1. The first-order chi connectivity index (χ1) is 8.08. The van der Waals surface area contributed by atoms with Crippen molar-refractivity contribution in [3.8, 4) is 0 Å². The van der Waals surface area contributed by atoms with Crippen LogP contribution in [0.4, 0.5) is 0 Å². The lowest BCUT2D eigenvalue weighted by atomic mass is 10.2. The van der Waals surface area contributed by atoms with Crippen LogP contribution < -0.4 is 0 Å². The molecule has 0 atom stereocenters. The maximum Gasteiger partial charge on any atom is 0.354 e. The van der Waals surface area contributed by atoms with Crippen LogP contribution in [0.2, 0.25) is 0 Å². The van der Waals surface area contributed by atoms with E-state index in [2.05, 4.69) is 21.9 Å². The van der Waals surface area contributed by atoms with Gasteiger partial charge in [0.05, 0.1) is 6.20 Å². The van der Waals surface area contributed by atoms with Crippen LogP contribution in [0.5, 0.6) is 0 Å². The molecule has 1 aliphatic rings. The summed E-state index contributed by atoms with van der Waals surface area (Å²) in [4.78, 5) is 15.7. The zero-order valence-electron chi connectivity index (χ0n) is 10.3. The van der Waals surface area contributed by atoms with Crippen LogP contribution in [-0.4, -0.2) is 63.9 Å². The van der Waals surface area contributed by atoms with E-state index in [9.17, 15) is 4.79 Å². The van der Waals surface area contributed by atoms with Gasteiger partial charge in [0.25, 0.3) is 0 Å². The van der Waals surface area contributed by atoms with Crippen LogP contribution in [0.3, 0.4) is 0 Å².